The largest absolute Gasteiger partial charge is 0.487 e. The van der Waals surface area contributed by atoms with Gasteiger partial charge in [0.05, 0.1) is 29.6 Å². The lowest BCUT2D eigenvalue weighted by molar-refractivity contribution is -0.139. The Balaban J connectivity index is 1.68. The minimum absolute atomic E-state index is 0.124. The first kappa shape index (κ1) is 30.7. The van der Waals surface area contributed by atoms with Gasteiger partial charge in [-0.15, -0.1) is 0 Å². The van der Waals surface area contributed by atoms with Gasteiger partial charge in [0.25, 0.3) is 0 Å². The maximum atomic E-state index is 13.0. The second-order valence-corrected chi connectivity index (χ2v) is 11.7. The third-order valence-corrected chi connectivity index (χ3v) is 7.31. The number of piperidine rings is 1. The number of benzene rings is 2. The highest BCUT2D eigenvalue weighted by molar-refractivity contribution is 6.33. The fourth-order valence-corrected chi connectivity index (χ4v) is 5.45. The van der Waals surface area contributed by atoms with Gasteiger partial charge in [-0.2, -0.15) is 13.2 Å². The Bertz CT molecular complexity index is 1410. The quantitative estimate of drug-likeness (QED) is 0.278. The summed E-state index contributed by atoms with van der Waals surface area (Å²) in [6, 6.07) is 10.3. The monoisotopic (exact) mass is 594 g/mol. The molecule has 41 heavy (non-hydrogen) atoms. The fourth-order valence-electron chi connectivity index (χ4n) is 5.14. The summed E-state index contributed by atoms with van der Waals surface area (Å²) in [5, 5.41) is 0.983. The van der Waals surface area contributed by atoms with E-state index in [0.717, 1.165) is 11.1 Å². The number of esters is 1. The number of aromatic nitrogens is 1. The normalized spacial score (nSPS) is 18.4. The van der Waals surface area contributed by atoms with Crippen molar-refractivity contribution in [2.45, 2.75) is 64.3 Å². The Morgan fingerprint density at radius 1 is 1.10 bits per heavy atom. The van der Waals surface area contributed by atoms with E-state index < -0.39 is 36.4 Å². The molecule has 0 amide bonds. The van der Waals surface area contributed by atoms with E-state index in [0.29, 0.717) is 46.7 Å². The predicted octanol–water partition coefficient (Wildman–Crippen LogP) is 7.36. The maximum Gasteiger partial charge on any atom is 0.419 e. The Hall–Kier alpha value is -3.24. The van der Waals surface area contributed by atoms with E-state index in [2.05, 4.69) is 0 Å². The van der Waals surface area contributed by atoms with E-state index in [4.69, 9.17) is 25.8 Å². The van der Waals surface area contributed by atoms with Gasteiger partial charge in [-0.3, -0.25) is 4.57 Å². The average Bonchev–Trinajstić information content (AvgIpc) is 3.34. The van der Waals surface area contributed by atoms with E-state index in [1.165, 1.54) is 11.7 Å². The zero-order chi connectivity index (χ0) is 30.1. The van der Waals surface area contributed by atoms with Gasteiger partial charge in [0.1, 0.15) is 17.5 Å². The van der Waals surface area contributed by atoms with Gasteiger partial charge < -0.3 is 19.1 Å². The van der Waals surface area contributed by atoms with E-state index in [-0.39, 0.29) is 12.5 Å². The molecule has 1 aliphatic rings. The number of ether oxygens (including phenoxy) is 3. The smallest absolute Gasteiger partial charge is 0.419 e. The van der Waals surface area contributed by atoms with Crippen LogP contribution in [0.4, 0.5) is 18.0 Å². The van der Waals surface area contributed by atoms with Crippen molar-refractivity contribution in [1.29, 1.82) is 0 Å². The number of hydrogen-bond acceptors (Lipinski definition) is 6. The molecule has 2 atom stereocenters. The molecule has 7 nitrogen and oxygen atoms in total. The molecule has 2 heterocycles. The Kier molecular flexibility index (Phi) is 8.94. The molecule has 1 saturated heterocycles. The van der Waals surface area contributed by atoms with Crippen LogP contribution >= 0.6 is 11.6 Å². The number of aryl methyl sites for hydroxylation is 1. The fraction of sp³-hybridized carbons (Fsp3) is 0.467. The van der Waals surface area contributed by atoms with Crippen LogP contribution < -0.4 is 4.74 Å². The number of rotatable bonds is 6. The van der Waals surface area contributed by atoms with Gasteiger partial charge in [0, 0.05) is 37.1 Å². The van der Waals surface area contributed by atoms with Crippen molar-refractivity contribution < 1.29 is 37.0 Å². The Morgan fingerprint density at radius 2 is 1.78 bits per heavy atom. The van der Waals surface area contributed by atoms with Crippen LogP contribution in [0.1, 0.15) is 61.0 Å². The van der Waals surface area contributed by atoms with E-state index in [1.807, 2.05) is 6.92 Å². The van der Waals surface area contributed by atoms with Crippen LogP contribution in [0.15, 0.2) is 42.6 Å². The molecule has 1 aliphatic heterocycles. The Morgan fingerprint density at radius 3 is 2.39 bits per heavy atom. The van der Waals surface area contributed by atoms with Crippen LogP contribution in [-0.2, 0) is 9.47 Å². The van der Waals surface area contributed by atoms with Gasteiger partial charge in [0.15, 0.2) is 0 Å². The first-order valence-electron chi connectivity index (χ1n) is 13.3. The average molecular weight is 595 g/mol. The number of nitrogens with zero attached hydrogens (tertiary/aromatic N) is 2. The summed E-state index contributed by atoms with van der Waals surface area (Å²) in [5.74, 6) is -0.410. The minimum atomic E-state index is -4.26. The minimum Gasteiger partial charge on any atom is -0.487 e. The summed E-state index contributed by atoms with van der Waals surface area (Å²) in [7, 11) is 1.29. The van der Waals surface area contributed by atoms with Gasteiger partial charge >= 0.3 is 18.2 Å². The molecule has 1 fully saturated rings. The number of likely N-dealkylation sites (tertiary alicyclic amines) is 1. The Labute approximate surface area is 242 Å². The lowest BCUT2D eigenvalue weighted by Crippen LogP contribution is -2.45. The lowest BCUT2D eigenvalue weighted by Gasteiger charge is -2.39. The molecule has 0 saturated carbocycles. The zero-order valence-corrected chi connectivity index (χ0v) is 24.4. The molecule has 0 bridgehead atoms. The summed E-state index contributed by atoms with van der Waals surface area (Å²) < 4.78 is 57.3. The van der Waals surface area contributed by atoms with Gasteiger partial charge in [-0.05, 0) is 69.5 Å². The number of carbonyl (C=O) groups excluding carboxylic acids is 2. The number of hydrogen-bond donors (Lipinski definition) is 0. The number of alkyl halides is 3. The van der Waals surface area contributed by atoms with Gasteiger partial charge in [-0.1, -0.05) is 23.7 Å². The number of fused-ring (bicyclic) bond motifs is 1. The molecule has 11 heteroatoms. The molecular weight excluding hydrogens is 561 g/mol. The highest BCUT2D eigenvalue weighted by Crippen LogP contribution is 2.40. The lowest BCUT2D eigenvalue weighted by atomic mass is 9.87. The van der Waals surface area contributed by atoms with Crippen molar-refractivity contribution >= 4 is 34.6 Å². The van der Waals surface area contributed by atoms with Crippen LogP contribution in [0, 0.1) is 6.92 Å². The summed E-state index contributed by atoms with van der Waals surface area (Å²) in [4.78, 5) is 26.6. The molecule has 0 spiro atoms. The summed E-state index contributed by atoms with van der Waals surface area (Å²) in [5.41, 5.74) is 1.84. The summed E-state index contributed by atoms with van der Waals surface area (Å²) in [6.45, 7) is 7.80. The van der Waals surface area contributed by atoms with Crippen molar-refractivity contribution in [1.82, 2.24) is 9.47 Å². The molecule has 2 aromatic carbocycles. The predicted molar refractivity (Wildman–Crippen MR) is 150 cm³/mol. The van der Waals surface area contributed by atoms with Crippen molar-refractivity contribution in [3.8, 4) is 5.75 Å². The van der Waals surface area contributed by atoms with E-state index in [9.17, 15) is 22.8 Å². The molecule has 4 rings (SSSR count). The third-order valence-electron chi connectivity index (χ3n) is 7.03. The molecular formula is C30H34ClF3N2O5. The maximum absolute atomic E-state index is 13.0. The summed E-state index contributed by atoms with van der Waals surface area (Å²) >= 11 is 6.68. The number of halogens is 4. The molecule has 3 aromatic rings. The molecule has 0 aliphatic carbocycles. The topological polar surface area (TPSA) is 70.0 Å². The van der Waals surface area contributed by atoms with Crippen molar-refractivity contribution in [3.63, 3.8) is 0 Å². The summed E-state index contributed by atoms with van der Waals surface area (Å²) in [6.07, 6.45) is -4.08. The first-order valence-corrected chi connectivity index (χ1v) is 13.7. The number of methoxy groups -OCH3 is 1. The second-order valence-electron chi connectivity index (χ2n) is 11.3. The van der Waals surface area contributed by atoms with E-state index in [1.54, 1.807) is 68.3 Å². The van der Waals surface area contributed by atoms with E-state index >= 15 is 0 Å². The van der Waals surface area contributed by atoms with Crippen molar-refractivity contribution in [2.75, 3.05) is 26.7 Å². The standard InChI is InChI=1S/C30H34ClF3N2O5/c1-18-16-23(31)26(21-10-14-36(25(18)21)28(38)41-29(2,3)4)40-24-11-13-35(15-12-30(32,33)34)17-22(24)19-6-8-20(9-7-19)27(37)39-5/h6-10,14,16,22,24H,11-13,15,17H2,1-5H3/t22-,24+/m0/s1. The molecule has 0 unspecified atom stereocenters. The second kappa shape index (κ2) is 11.9. The van der Waals surface area contributed by atoms with Crippen molar-refractivity contribution in [2.24, 2.45) is 0 Å². The van der Waals surface area contributed by atoms with Crippen LogP contribution in [0.5, 0.6) is 5.75 Å². The zero-order valence-electron chi connectivity index (χ0n) is 23.7. The SMILES string of the molecule is COC(=O)c1ccc([C@@H]2CN(CCC(F)(F)F)CC[C@H]2Oc2c(Cl)cc(C)c3c2ccn3C(=O)OC(C)(C)C)cc1. The molecule has 1 aromatic heterocycles. The molecule has 0 radical (unpaired) electrons. The first-order chi connectivity index (χ1) is 19.2. The van der Waals surface area contributed by atoms with Crippen LogP contribution in [0.25, 0.3) is 10.9 Å². The van der Waals surface area contributed by atoms with Gasteiger partial charge in [-0.25, -0.2) is 9.59 Å². The van der Waals surface area contributed by atoms with Crippen LogP contribution in [0.3, 0.4) is 0 Å². The molecule has 222 valence electrons. The van der Waals surface area contributed by atoms with Crippen molar-refractivity contribution in [3.05, 3.63) is 64.3 Å². The highest BCUT2D eigenvalue weighted by atomic mass is 35.5. The number of carbonyl (C=O) groups is 2. The van der Waals surface area contributed by atoms with Crippen LogP contribution in [-0.4, -0.2) is 66.2 Å². The third kappa shape index (κ3) is 7.35. The van der Waals surface area contributed by atoms with Gasteiger partial charge in [0.2, 0.25) is 0 Å². The molecule has 0 N–H and O–H groups in total. The van der Waals surface area contributed by atoms with Crippen LogP contribution in [0.2, 0.25) is 5.02 Å². The highest BCUT2D eigenvalue weighted by Gasteiger charge is 2.35.